The molecule has 0 radical (unpaired) electrons. The van der Waals surface area contributed by atoms with E-state index in [4.69, 9.17) is 5.73 Å². The summed E-state index contributed by atoms with van der Waals surface area (Å²) in [5.74, 6) is 0. The molecule has 1 aliphatic carbocycles. The van der Waals surface area contributed by atoms with E-state index in [0.29, 0.717) is 0 Å². The van der Waals surface area contributed by atoms with Crippen molar-refractivity contribution in [2.75, 3.05) is 0 Å². The third-order valence-electron chi connectivity index (χ3n) is 11.1. The molecule has 8 aromatic rings. The van der Waals surface area contributed by atoms with Gasteiger partial charge in [0, 0.05) is 5.41 Å². The standard InChI is InChI=1S/C51H42N2/c1-51(2)45-23-13-22-42(49(45)44-32-39-19-9-10-20-40(39)33-46(44)51)36-27-24-34(25-28-36)26-31-47(53-50(52)38-17-7-4-8-18-38)43-30-29-35-14-11-12-21-41(35)48(43)37-15-5-3-6-16-37/h3-33,47,50,53H,52H2,1-2H3/b31-26+. The summed E-state index contributed by atoms with van der Waals surface area (Å²) >= 11 is 0. The second kappa shape index (κ2) is 13.5. The molecule has 0 aromatic heterocycles. The summed E-state index contributed by atoms with van der Waals surface area (Å²) in [6.07, 6.45) is 4.13. The number of nitrogens with two attached hydrogens (primary N) is 1. The van der Waals surface area contributed by atoms with Crippen LogP contribution >= 0.6 is 0 Å². The van der Waals surface area contributed by atoms with Crippen LogP contribution in [0.2, 0.25) is 0 Å². The van der Waals surface area contributed by atoms with E-state index in [2.05, 4.69) is 189 Å². The maximum absolute atomic E-state index is 6.87. The third-order valence-corrected chi connectivity index (χ3v) is 11.1. The van der Waals surface area contributed by atoms with E-state index < -0.39 is 0 Å². The van der Waals surface area contributed by atoms with Gasteiger partial charge in [0.25, 0.3) is 0 Å². The highest BCUT2D eigenvalue weighted by atomic mass is 15.0. The minimum atomic E-state index is -0.354. The Bertz CT molecular complexity index is 2620. The molecule has 0 fully saturated rings. The molecule has 8 aromatic carbocycles. The number of hydrogen-bond acceptors (Lipinski definition) is 2. The predicted octanol–water partition coefficient (Wildman–Crippen LogP) is 12.6. The molecular formula is C51H42N2. The molecule has 2 atom stereocenters. The lowest BCUT2D eigenvalue weighted by atomic mass is 9.81. The summed E-state index contributed by atoms with van der Waals surface area (Å²) in [5, 5.41) is 8.79. The van der Waals surface area contributed by atoms with Crippen molar-refractivity contribution < 1.29 is 0 Å². The van der Waals surface area contributed by atoms with Crippen molar-refractivity contribution in [2.45, 2.75) is 31.5 Å². The maximum Gasteiger partial charge on any atom is 0.0817 e. The van der Waals surface area contributed by atoms with Crippen LogP contribution in [0.15, 0.2) is 182 Å². The average molecular weight is 683 g/mol. The van der Waals surface area contributed by atoms with E-state index in [1.54, 1.807) is 0 Å². The Kier molecular flexibility index (Phi) is 8.35. The molecule has 0 saturated carbocycles. The van der Waals surface area contributed by atoms with Gasteiger partial charge < -0.3 is 5.73 Å². The van der Waals surface area contributed by atoms with Gasteiger partial charge in [0.05, 0.1) is 12.2 Å². The Labute approximate surface area is 312 Å². The van der Waals surface area contributed by atoms with E-state index >= 15 is 0 Å². The van der Waals surface area contributed by atoms with Gasteiger partial charge in [0.15, 0.2) is 0 Å². The quantitative estimate of drug-likeness (QED) is 0.157. The first-order chi connectivity index (χ1) is 26.0. The van der Waals surface area contributed by atoms with E-state index in [9.17, 15) is 0 Å². The van der Waals surface area contributed by atoms with Gasteiger partial charge in [-0.3, -0.25) is 5.32 Å². The third kappa shape index (κ3) is 5.97. The summed E-state index contributed by atoms with van der Waals surface area (Å²) in [4.78, 5) is 0. The van der Waals surface area contributed by atoms with Gasteiger partial charge in [-0.1, -0.05) is 190 Å². The molecule has 0 heterocycles. The lowest BCUT2D eigenvalue weighted by Crippen LogP contribution is -2.31. The Morgan fingerprint density at radius 1 is 0.528 bits per heavy atom. The first kappa shape index (κ1) is 32.8. The monoisotopic (exact) mass is 682 g/mol. The topological polar surface area (TPSA) is 38.0 Å². The summed E-state index contributed by atoms with van der Waals surface area (Å²) in [5.41, 5.74) is 20.5. The SMILES string of the molecule is CC1(C)c2cc3ccccc3cc2-c2c(-c3ccc(/C=C/C(NC(N)c4ccccc4)c4ccc5ccccc5c4-c4ccccc4)cc3)cccc21. The van der Waals surface area contributed by atoms with E-state index in [0.717, 1.165) is 11.1 Å². The molecule has 1 aliphatic rings. The fourth-order valence-electron chi connectivity index (χ4n) is 8.37. The average Bonchev–Trinajstić information content (AvgIpc) is 3.44. The predicted molar refractivity (Wildman–Crippen MR) is 225 cm³/mol. The number of benzene rings is 8. The van der Waals surface area contributed by atoms with Crippen LogP contribution in [0.3, 0.4) is 0 Å². The molecule has 3 N–H and O–H groups in total. The number of fused-ring (bicyclic) bond motifs is 5. The zero-order valence-corrected chi connectivity index (χ0v) is 30.1. The Morgan fingerprint density at radius 2 is 1.19 bits per heavy atom. The van der Waals surface area contributed by atoms with Crippen LogP contribution in [0.25, 0.3) is 61.0 Å². The molecule has 256 valence electrons. The minimum absolute atomic E-state index is 0.0721. The zero-order valence-electron chi connectivity index (χ0n) is 30.1. The van der Waals surface area contributed by atoms with Crippen molar-refractivity contribution in [3.63, 3.8) is 0 Å². The first-order valence-corrected chi connectivity index (χ1v) is 18.6. The fourth-order valence-corrected chi connectivity index (χ4v) is 8.37. The van der Waals surface area contributed by atoms with Crippen LogP contribution < -0.4 is 11.1 Å². The molecule has 0 amide bonds. The fraction of sp³-hybridized carbons (Fsp3) is 0.0980. The highest BCUT2D eigenvalue weighted by molar-refractivity contribution is 6.00. The summed E-state index contributed by atoms with van der Waals surface area (Å²) in [6, 6.07) is 63.2. The van der Waals surface area contributed by atoms with E-state index in [-0.39, 0.29) is 17.6 Å². The van der Waals surface area contributed by atoms with Crippen molar-refractivity contribution in [3.05, 3.63) is 210 Å². The lowest BCUT2D eigenvalue weighted by Gasteiger charge is -2.25. The summed E-state index contributed by atoms with van der Waals surface area (Å²) < 4.78 is 0. The number of nitrogens with one attached hydrogen (secondary N) is 1. The molecule has 2 unspecified atom stereocenters. The van der Waals surface area contributed by atoms with Crippen molar-refractivity contribution in [2.24, 2.45) is 5.73 Å². The van der Waals surface area contributed by atoms with Gasteiger partial charge in [-0.15, -0.1) is 0 Å². The highest BCUT2D eigenvalue weighted by Crippen LogP contribution is 2.53. The minimum Gasteiger partial charge on any atom is -0.312 e. The summed E-state index contributed by atoms with van der Waals surface area (Å²) in [7, 11) is 0. The van der Waals surface area contributed by atoms with Gasteiger partial charge in [0.2, 0.25) is 0 Å². The normalized spacial score (nSPS) is 14.3. The second-order valence-corrected chi connectivity index (χ2v) is 14.7. The van der Waals surface area contributed by atoms with Gasteiger partial charge in [-0.2, -0.15) is 0 Å². The van der Waals surface area contributed by atoms with Crippen molar-refractivity contribution in [1.82, 2.24) is 5.32 Å². The van der Waals surface area contributed by atoms with Crippen LogP contribution in [0, 0.1) is 0 Å². The van der Waals surface area contributed by atoms with Crippen molar-refractivity contribution in [1.29, 1.82) is 0 Å². The molecular weight excluding hydrogens is 641 g/mol. The molecule has 53 heavy (non-hydrogen) atoms. The van der Waals surface area contributed by atoms with Crippen LogP contribution in [0.4, 0.5) is 0 Å². The zero-order chi connectivity index (χ0) is 35.9. The van der Waals surface area contributed by atoms with Crippen LogP contribution in [0.1, 0.15) is 53.9 Å². The maximum atomic E-state index is 6.87. The van der Waals surface area contributed by atoms with Crippen molar-refractivity contribution in [3.8, 4) is 33.4 Å². The Morgan fingerprint density at radius 3 is 1.94 bits per heavy atom. The molecule has 0 spiro atoms. The molecule has 2 heteroatoms. The van der Waals surface area contributed by atoms with E-state index in [1.807, 2.05) is 18.2 Å². The van der Waals surface area contributed by atoms with Gasteiger partial charge in [0.1, 0.15) is 0 Å². The van der Waals surface area contributed by atoms with Gasteiger partial charge in [-0.25, -0.2) is 0 Å². The molecule has 9 rings (SSSR count). The number of rotatable bonds is 8. The van der Waals surface area contributed by atoms with E-state index in [1.165, 1.54) is 71.6 Å². The van der Waals surface area contributed by atoms with Gasteiger partial charge in [-0.05, 0) is 94.9 Å². The first-order valence-electron chi connectivity index (χ1n) is 18.6. The smallest absolute Gasteiger partial charge is 0.0817 e. The molecule has 2 nitrogen and oxygen atoms in total. The van der Waals surface area contributed by atoms with Crippen molar-refractivity contribution >= 4 is 27.6 Å². The molecule has 0 saturated heterocycles. The van der Waals surface area contributed by atoms with Crippen LogP contribution in [-0.2, 0) is 5.41 Å². The van der Waals surface area contributed by atoms with Crippen LogP contribution in [0.5, 0.6) is 0 Å². The highest BCUT2D eigenvalue weighted by Gasteiger charge is 2.37. The van der Waals surface area contributed by atoms with Crippen LogP contribution in [-0.4, -0.2) is 0 Å². The molecule has 0 aliphatic heterocycles. The lowest BCUT2D eigenvalue weighted by molar-refractivity contribution is 0.510. The summed E-state index contributed by atoms with van der Waals surface area (Å²) in [6.45, 7) is 4.72. The Hall–Kier alpha value is -6.06. The Balaban J connectivity index is 1.10. The number of hydrogen-bond donors (Lipinski definition) is 2. The van der Waals surface area contributed by atoms with Gasteiger partial charge >= 0.3 is 0 Å². The molecule has 0 bridgehead atoms. The largest absolute Gasteiger partial charge is 0.312 e. The second-order valence-electron chi connectivity index (χ2n) is 14.7.